The van der Waals surface area contributed by atoms with Crippen LogP contribution in [0.25, 0.3) is 0 Å². The number of rotatable bonds is 4. The number of hydrogen-bond donors (Lipinski definition) is 2. The van der Waals surface area contributed by atoms with E-state index in [-0.39, 0.29) is 6.54 Å². The molecular formula is C10H12F3NO3S. The van der Waals surface area contributed by atoms with Crippen LogP contribution in [0.4, 0.5) is 13.2 Å². The summed E-state index contributed by atoms with van der Waals surface area (Å²) < 4.78 is 55.1. The topological polar surface area (TPSA) is 66.4 Å². The van der Waals surface area contributed by atoms with Crippen molar-refractivity contribution < 1.29 is 26.7 Å². The number of carbonyl (C=O) groups is 1. The van der Waals surface area contributed by atoms with Gasteiger partial charge in [-0.05, 0) is 25.3 Å². The van der Waals surface area contributed by atoms with Gasteiger partial charge in [0.25, 0.3) is 0 Å². The smallest absolute Gasteiger partial charge is 0.348 e. The molecule has 0 spiro atoms. The van der Waals surface area contributed by atoms with Crippen LogP contribution >= 0.6 is 0 Å². The van der Waals surface area contributed by atoms with Crippen LogP contribution in [-0.4, -0.2) is 27.4 Å². The molecule has 0 heterocycles. The van der Waals surface area contributed by atoms with Crippen molar-refractivity contribution in [2.45, 2.75) is 25.4 Å². The van der Waals surface area contributed by atoms with Crippen molar-refractivity contribution in [3.63, 3.8) is 0 Å². The lowest BCUT2D eigenvalue weighted by Crippen LogP contribution is -2.37. The summed E-state index contributed by atoms with van der Waals surface area (Å²) in [5.74, 6) is -1.95. The zero-order chi connectivity index (χ0) is 13.8. The molecule has 0 fully saturated rings. The summed E-state index contributed by atoms with van der Waals surface area (Å²) in [6, 6.07) is 0. The minimum Gasteiger partial charge on any atom is -0.348 e. The molecule has 102 valence electrons. The van der Waals surface area contributed by atoms with Gasteiger partial charge < -0.3 is 9.87 Å². The molecule has 0 aromatic heterocycles. The van der Waals surface area contributed by atoms with E-state index in [4.69, 9.17) is 4.55 Å². The largest absolute Gasteiger partial charge is 0.471 e. The van der Waals surface area contributed by atoms with Crippen molar-refractivity contribution in [3.05, 3.63) is 22.6 Å². The van der Waals surface area contributed by atoms with E-state index in [0.717, 1.165) is 5.57 Å². The van der Waals surface area contributed by atoms with Gasteiger partial charge in [0.2, 0.25) is 0 Å². The number of alkyl halides is 3. The zero-order valence-electron chi connectivity index (χ0n) is 9.29. The second-order valence-corrected chi connectivity index (χ2v) is 4.73. The van der Waals surface area contributed by atoms with E-state index in [9.17, 15) is 22.2 Å². The van der Waals surface area contributed by atoms with Crippen molar-refractivity contribution in [1.82, 2.24) is 5.32 Å². The van der Waals surface area contributed by atoms with Crippen LogP contribution < -0.4 is 5.32 Å². The molecule has 0 aliphatic heterocycles. The number of halogens is 3. The van der Waals surface area contributed by atoms with E-state index in [2.05, 4.69) is 0 Å². The summed E-state index contributed by atoms with van der Waals surface area (Å²) in [5.41, 5.74) is 0.840. The molecule has 1 unspecified atom stereocenters. The van der Waals surface area contributed by atoms with Crippen LogP contribution in [0.1, 0.15) is 19.3 Å². The second-order valence-electron chi connectivity index (χ2n) is 3.71. The number of nitrogens with one attached hydrogen (secondary N) is 1. The molecule has 0 aromatic rings. The van der Waals surface area contributed by atoms with Gasteiger partial charge in [-0.2, -0.15) is 13.2 Å². The predicted molar refractivity (Wildman–Crippen MR) is 59.9 cm³/mol. The summed E-state index contributed by atoms with van der Waals surface area (Å²) >= 11 is -1.99. The van der Waals surface area contributed by atoms with Crippen LogP contribution in [0.2, 0.25) is 0 Å². The Labute approximate surface area is 104 Å². The third kappa shape index (κ3) is 4.61. The average Bonchev–Trinajstić information content (AvgIpc) is 2.28. The minimum absolute atomic E-state index is 0.102. The first-order valence-electron chi connectivity index (χ1n) is 5.15. The van der Waals surface area contributed by atoms with Gasteiger partial charge in [0.1, 0.15) is 0 Å². The first-order chi connectivity index (χ1) is 8.30. The van der Waals surface area contributed by atoms with Crippen LogP contribution in [0.5, 0.6) is 0 Å². The molecule has 1 amide bonds. The summed E-state index contributed by atoms with van der Waals surface area (Å²) in [5, 5.41) is 1.77. The van der Waals surface area contributed by atoms with Crippen molar-refractivity contribution in [1.29, 1.82) is 0 Å². The van der Waals surface area contributed by atoms with Gasteiger partial charge >= 0.3 is 12.1 Å². The molecule has 1 aliphatic rings. The number of amides is 1. The van der Waals surface area contributed by atoms with Gasteiger partial charge in [-0.3, -0.25) is 4.79 Å². The highest BCUT2D eigenvalue weighted by atomic mass is 32.2. The highest BCUT2D eigenvalue weighted by Crippen LogP contribution is 2.22. The van der Waals surface area contributed by atoms with E-state index in [1.54, 1.807) is 11.4 Å². The van der Waals surface area contributed by atoms with Gasteiger partial charge in [0.15, 0.2) is 11.1 Å². The zero-order valence-corrected chi connectivity index (χ0v) is 10.1. The molecule has 0 radical (unpaired) electrons. The lowest BCUT2D eigenvalue weighted by atomic mass is 10.0. The van der Waals surface area contributed by atoms with Crippen molar-refractivity contribution in [2.24, 2.45) is 0 Å². The fourth-order valence-corrected chi connectivity index (χ4v) is 1.91. The van der Waals surface area contributed by atoms with Gasteiger partial charge in [-0.1, -0.05) is 11.6 Å². The summed E-state index contributed by atoms with van der Waals surface area (Å²) in [7, 11) is 0. The summed E-state index contributed by atoms with van der Waals surface area (Å²) in [6.45, 7) is -0.102. The van der Waals surface area contributed by atoms with Crippen molar-refractivity contribution in [3.8, 4) is 0 Å². The van der Waals surface area contributed by atoms with Gasteiger partial charge in [0, 0.05) is 11.4 Å². The highest BCUT2D eigenvalue weighted by molar-refractivity contribution is 7.83. The standard InChI is InChI=1S/C10H12F3NO3S/c11-10(12,13)9(15)14-6-5-7-1-3-8(4-2-7)18(16)17/h1,3H,2,4-6H2,(H,14,15)(H,16,17). The SMILES string of the molecule is O=C(NCCC1=CC=C(S(=O)O)CC1)C(F)(F)F. The van der Waals surface area contributed by atoms with Crippen LogP contribution in [0, 0.1) is 0 Å². The van der Waals surface area contributed by atoms with E-state index in [1.807, 2.05) is 0 Å². The molecule has 1 atom stereocenters. The number of carbonyl (C=O) groups excluding carboxylic acids is 1. The number of allylic oxidation sites excluding steroid dienone is 3. The Morgan fingerprint density at radius 2 is 2.06 bits per heavy atom. The third-order valence-electron chi connectivity index (χ3n) is 2.41. The first-order valence-corrected chi connectivity index (χ1v) is 6.26. The maximum absolute atomic E-state index is 11.9. The highest BCUT2D eigenvalue weighted by Gasteiger charge is 2.38. The summed E-state index contributed by atoms with van der Waals surface area (Å²) in [4.78, 5) is 10.9. The van der Waals surface area contributed by atoms with Gasteiger partial charge in [-0.25, -0.2) is 4.21 Å². The number of hydrogen-bond acceptors (Lipinski definition) is 2. The molecule has 1 aliphatic carbocycles. The molecule has 0 bridgehead atoms. The molecule has 1 rings (SSSR count). The van der Waals surface area contributed by atoms with E-state index in [0.29, 0.717) is 24.2 Å². The second kappa shape index (κ2) is 6.14. The van der Waals surface area contributed by atoms with Crippen LogP contribution in [0.3, 0.4) is 0 Å². The average molecular weight is 283 g/mol. The molecule has 0 aromatic carbocycles. The van der Waals surface area contributed by atoms with Gasteiger partial charge in [-0.15, -0.1) is 0 Å². The molecule has 18 heavy (non-hydrogen) atoms. The Kier molecular flexibility index (Phi) is 5.09. The predicted octanol–water partition coefficient (Wildman–Crippen LogP) is 1.88. The molecular weight excluding hydrogens is 271 g/mol. The molecule has 8 heteroatoms. The Bertz CT molecular complexity index is 415. The Balaban J connectivity index is 2.38. The lowest BCUT2D eigenvalue weighted by molar-refractivity contribution is -0.173. The lowest BCUT2D eigenvalue weighted by Gasteiger charge is -2.13. The van der Waals surface area contributed by atoms with E-state index < -0.39 is 23.2 Å². The van der Waals surface area contributed by atoms with Crippen molar-refractivity contribution >= 4 is 17.0 Å². The Hall–Kier alpha value is -1.15. The first kappa shape index (κ1) is 14.9. The van der Waals surface area contributed by atoms with Crippen LogP contribution in [-0.2, 0) is 15.9 Å². The van der Waals surface area contributed by atoms with Crippen LogP contribution in [0.15, 0.2) is 22.6 Å². The Morgan fingerprint density at radius 3 is 2.50 bits per heavy atom. The maximum atomic E-state index is 11.9. The third-order valence-corrected chi connectivity index (χ3v) is 3.20. The summed E-state index contributed by atoms with van der Waals surface area (Å²) in [6.07, 6.45) is -0.555. The minimum atomic E-state index is -4.86. The van der Waals surface area contributed by atoms with E-state index >= 15 is 0 Å². The van der Waals surface area contributed by atoms with Crippen molar-refractivity contribution in [2.75, 3.05) is 6.54 Å². The fraction of sp³-hybridized carbons (Fsp3) is 0.500. The molecule has 2 N–H and O–H groups in total. The Morgan fingerprint density at radius 1 is 1.39 bits per heavy atom. The molecule has 4 nitrogen and oxygen atoms in total. The monoisotopic (exact) mass is 283 g/mol. The normalized spacial score (nSPS) is 17.8. The van der Waals surface area contributed by atoms with Gasteiger partial charge in [0.05, 0.1) is 0 Å². The quantitative estimate of drug-likeness (QED) is 0.774. The maximum Gasteiger partial charge on any atom is 0.471 e. The van der Waals surface area contributed by atoms with E-state index in [1.165, 1.54) is 6.08 Å². The fourth-order valence-electron chi connectivity index (χ4n) is 1.45. The molecule has 0 saturated heterocycles. The molecule has 0 saturated carbocycles.